The topological polar surface area (TPSA) is 71.5 Å². The van der Waals surface area contributed by atoms with Crippen LogP contribution in [0, 0.1) is 6.92 Å². The summed E-state index contributed by atoms with van der Waals surface area (Å²) in [6.07, 6.45) is 3.59. The van der Waals surface area contributed by atoms with Crippen LogP contribution in [0.5, 0.6) is 5.75 Å². The molecule has 1 aromatic heterocycles. The van der Waals surface area contributed by atoms with Crippen LogP contribution in [0.3, 0.4) is 0 Å². The molecule has 0 saturated heterocycles. The lowest BCUT2D eigenvalue weighted by Crippen LogP contribution is -2.30. The third-order valence-electron chi connectivity index (χ3n) is 5.20. The third-order valence-corrected chi connectivity index (χ3v) is 5.20. The molecular weight excluding hydrogens is 376 g/mol. The van der Waals surface area contributed by atoms with Crippen LogP contribution in [-0.2, 0) is 6.42 Å². The van der Waals surface area contributed by atoms with E-state index < -0.39 is 12.2 Å². The zero-order valence-corrected chi connectivity index (χ0v) is 17.6. The maximum Gasteiger partial charge on any atom is 0.254 e. The number of aromatic nitrogens is 1. The van der Waals surface area contributed by atoms with E-state index in [0.29, 0.717) is 24.2 Å². The fourth-order valence-corrected chi connectivity index (χ4v) is 3.44. The van der Waals surface area contributed by atoms with Gasteiger partial charge in [0, 0.05) is 25.0 Å². The molecule has 1 amide bonds. The molecule has 30 heavy (non-hydrogen) atoms. The van der Waals surface area contributed by atoms with Gasteiger partial charge in [-0.15, -0.1) is 0 Å². The largest absolute Gasteiger partial charge is 0.487 e. The number of carbonyl (C=O) groups excluding carboxylic acids is 1. The fraction of sp³-hybridized carbons (Fsp3) is 0.280. The summed E-state index contributed by atoms with van der Waals surface area (Å²) in [7, 11) is 1.60. The van der Waals surface area contributed by atoms with Crippen LogP contribution in [0.15, 0.2) is 67.0 Å². The highest BCUT2D eigenvalue weighted by atomic mass is 16.5. The lowest BCUT2D eigenvalue weighted by atomic mass is 9.95. The van der Waals surface area contributed by atoms with Crippen molar-refractivity contribution in [1.29, 1.82) is 0 Å². The fourth-order valence-electron chi connectivity index (χ4n) is 3.44. The average molecular weight is 405 g/mol. The number of aliphatic hydroxyl groups excluding tert-OH is 1. The van der Waals surface area contributed by atoms with Gasteiger partial charge in [-0.25, -0.2) is 0 Å². The number of rotatable bonds is 8. The van der Waals surface area contributed by atoms with E-state index in [2.05, 4.69) is 10.3 Å². The average Bonchev–Trinajstić information content (AvgIpc) is 2.78. The second-order valence-electron chi connectivity index (χ2n) is 7.37. The highest BCUT2D eigenvalue weighted by molar-refractivity contribution is 5.99. The van der Waals surface area contributed by atoms with Gasteiger partial charge >= 0.3 is 0 Å². The number of nitrogens with zero attached hydrogens (tertiary/aromatic N) is 1. The molecule has 5 heteroatoms. The second-order valence-corrected chi connectivity index (χ2v) is 7.37. The van der Waals surface area contributed by atoms with E-state index in [9.17, 15) is 9.90 Å². The van der Waals surface area contributed by atoms with Gasteiger partial charge in [0.15, 0.2) is 0 Å². The van der Waals surface area contributed by atoms with Crippen molar-refractivity contribution in [2.45, 2.75) is 38.9 Å². The van der Waals surface area contributed by atoms with Crippen molar-refractivity contribution in [1.82, 2.24) is 10.3 Å². The number of amides is 1. The van der Waals surface area contributed by atoms with Crippen molar-refractivity contribution in [2.24, 2.45) is 0 Å². The van der Waals surface area contributed by atoms with E-state index in [0.717, 1.165) is 22.3 Å². The first-order valence-electron chi connectivity index (χ1n) is 10.2. The van der Waals surface area contributed by atoms with E-state index in [1.807, 2.05) is 62.4 Å². The van der Waals surface area contributed by atoms with Crippen LogP contribution in [0.4, 0.5) is 0 Å². The Morgan fingerprint density at radius 2 is 1.90 bits per heavy atom. The van der Waals surface area contributed by atoms with E-state index in [4.69, 9.17) is 4.74 Å². The van der Waals surface area contributed by atoms with E-state index in [1.54, 1.807) is 25.5 Å². The summed E-state index contributed by atoms with van der Waals surface area (Å²) in [5.74, 6) is 0.271. The Balaban J connectivity index is 1.89. The minimum absolute atomic E-state index is 0.223. The lowest BCUT2D eigenvalue weighted by Gasteiger charge is -2.25. The highest BCUT2D eigenvalue weighted by Crippen LogP contribution is 2.37. The maximum atomic E-state index is 12.5. The Hall–Kier alpha value is -3.18. The van der Waals surface area contributed by atoms with E-state index in [-0.39, 0.29) is 5.91 Å². The Morgan fingerprint density at radius 3 is 2.57 bits per heavy atom. The predicted octanol–water partition coefficient (Wildman–Crippen LogP) is 4.18. The quantitative estimate of drug-likeness (QED) is 0.591. The minimum Gasteiger partial charge on any atom is -0.487 e. The molecule has 2 N–H and O–H groups in total. The first-order valence-corrected chi connectivity index (χ1v) is 10.2. The molecule has 0 aliphatic rings. The van der Waals surface area contributed by atoms with Crippen molar-refractivity contribution in [3.8, 4) is 16.9 Å². The SMILES string of the molecule is CNC(=O)c1ccc(C)c(-c2ccccc2)c1OC(C)C(O)CCc1cccnc1. The number of aryl methyl sites for hydroxylation is 2. The number of benzene rings is 2. The molecule has 3 aromatic rings. The predicted molar refractivity (Wildman–Crippen MR) is 119 cm³/mol. The number of hydrogen-bond donors (Lipinski definition) is 2. The molecule has 156 valence electrons. The molecule has 2 unspecified atom stereocenters. The summed E-state index contributed by atoms with van der Waals surface area (Å²) in [6.45, 7) is 3.82. The molecule has 0 spiro atoms. The molecule has 0 radical (unpaired) electrons. The monoisotopic (exact) mass is 404 g/mol. The van der Waals surface area contributed by atoms with Gasteiger partial charge in [0.25, 0.3) is 5.91 Å². The molecule has 2 atom stereocenters. The number of hydrogen-bond acceptors (Lipinski definition) is 4. The smallest absolute Gasteiger partial charge is 0.254 e. The molecule has 3 rings (SSSR count). The van der Waals surface area contributed by atoms with Crippen LogP contribution in [0.1, 0.15) is 34.8 Å². The van der Waals surface area contributed by atoms with Gasteiger partial charge in [0.2, 0.25) is 0 Å². The molecular formula is C25H28N2O3. The molecule has 0 aliphatic heterocycles. The summed E-state index contributed by atoms with van der Waals surface area (Å²) in [4.78, 5) is 16.6. The lowest BCUT2D eigenvalue weighted by molar-refractivity contribution is 0.0415. The van der Waals surface area contributed by atoms with Crippen molar-refractivity contribution in [3.05, 3.63) is 83.7 Å². The summed E-state index contributed by atoms with van der Waals surface area (Å²) in [5, 5.41) is 13.4. The summed E-state index contributed by atoms with van der Waals surface area (Å²) in [6, 6.07) is 17.4. The molecule has 0 fully saturated rings. The van der Waals surface area contributed by atoms with Crippen LogP contribution in [-0.4, -0.2) is 35.3 Å². The summed E-state index contributed by atoms with van der Waals surface area (Å²) < 4.78 is 6.26. The normalized spacial score (nSPS) is 12.8. The Morgan fingerprint density at radius 1 is 1.13 bits per heavy atom. The van der Waals surface area contributed by atoms with Crippen LogP contribution in [0.25, 0.3) is 11.1 Å². The van der Waals surface area contributed by atoms with Gasteiger partial charge in [-0.3, -0.25) is 9.78 Å². The molecule has 0 saturated carbocycles. The number of carbonyl (C=O) groups is 1. The summed E-state index contributed by atoms with van der Waals surface area (Å²) >= 11 is 0. The van der Waals surface area contributed by atoms with Crippen LogP contribution in [0.2, 0.25) is 0 Å². The van der Waals surface area contributed by atoms with Gasteiger partial charge in [0.1, 0.15) is 11.9 Å². The maximum absolute atomic E-state index is 12.5. The molecule has 5 nitrogen and oxygen atoms in total. The van der Waals surface area contributed by atoms with Crippen molar-refractivity contribution >= 4 is 5.91 Å². The Labute approximate surface area is 177 Å². The van der Waals surface area contributed by atoms with Gasteiger partial charge in [0.05, 0.1) is 11.7 Å². The summed E-state index contributed by atoms with van der Waals surface area (Å²) in [5.41, 5.74) is 4.35. The number of ether oxygens (including phenoxy) is 1. The van der Waals surface area contributed by atoms with Crippen molar-refractivity contribution in [3.63, 3.8) is 0 Å². The zero-order chi connectivity index (χ0) is 21.5. The van der Waals surface area contributed by atoms with Crippen LogP contribution < -0.4 is 10.1 Å². The first-order chi connectivity index (χ1) is 14.5. The molecule has 2 aromatic carbocycles. The Kier molecular flexibility index (Phi) is 7.20. The van der Waals surface area contributed by atoms with Gasteiger partial charge in [-0.05, 0) is 55.5 Å². The number of pyridine rings is 1. The molecule has 0 aliphatic carbocycles. The van der Waals surface area contributed by atoms with Crippen molar-refractivity contribution < 1.29 is 14.6 Å². The molecule has 1 heterocycles. The van der Waals surface area contributed by atoms with Crippen LogP contribution >= 0.6 is 0 Å². The standard InChI is InChI=1S/C25H28N2O3/c1-17-11-13-21(25(29)26-3)24(23(17)20-9-5-4-6-10-20)30-18(2)22(28)14-12-19-8-7-15-27-16-19/h4-11,13,15-16,18,22,28H,12,14H2,1-3H3,(H,26,29). The zero-order valence-electron chi connectivity index (χ0n) is 17.6. The first kappa shape index (κ1) is 21.5. The van der Waals surface area contributed by atoms with Gasteiger partial charge < -0.3 is 15.2 Å². The number of aliphatic hydroxyl groups is 1. The van der Waals surface area contributed by atoms with E-state index >= 15 is 0 Å². The molecule has 0 bridgehead atoms. The number of nitrogens with one attached hydrogen (secondary N) is 1. The van der Waals surface area contributed by atoms with Crippen molar-refractivity contribution in [2.75, 3.05) is 7.05 Å². The Bertz CT molecular complexity index is 974. The highest BCUT2D eigenvalue weighted by Gasteiger charge is 2.23. The van der Waals surface area contributed by atoms with Gasteiger partial charge in [-0.1, -0.05) is 42.5 Å². The van der Waals surface area contributed by atoms with Gasteiger partial charge in [-0.2, -0.15) is 0 Å². The second kappa shape index (κ2) is 10.0. The minimum atomic E-state index is -0.688. The third kappa shape index (κ3) is 5.05. The van der Waals surface area contributed by atoms with E-state index in [1.165, 1.54) is 0 Å².